The molecule has 1 aliphatic heterocycles. The Morgan fingerprint density at radius 2 is 1.26 bits per heavy atom. The summed E-state index contributed by atoms with van der Waals surface area (Å²) in [5.74, 6) is -3.01. The van der Waals surface area contributed by atoms with E-state index in [1.165, 1.54) is 57.8 Å². The topological polar surface area (TPSA) is 119 Å². The number of hydrogen-bond donors (Lipinski definition) is 1. The van der Waals surface area contributed by atoms with E-state index in [4.69, 9.17) is 9.57 Å². The van der Waals surface area contributed by atoms with E-state index in [-0.39, 0.29) is 38.0 Å². The van der Waals surface area contributed by atoms with E-state index in [9.17, 15) is 24.0 Å². The molecule has 1 aliphatic rings. The van der Waals surface area contributed by atoms with Crippen molar-refractivity contribution in [2.24, 2.45) is 0 Å². The molecule has 0 unspecified atom stereocenters. The second kappa shape index (κ2) is 18.7. The fourth-order valence-electron chi connectivity index (χ4n) is 4.28. The van der Waals surface area contributed by atoms with Crippen molar-refractivity contribution >= 4 is 29.7 Å². The molecule has 1 rings (SSSR count). The molecule has 0 aromatic carbocycles. The van der Waals surface area contributed by atoms with Gasteiger partial charge in [-0.3, -0.25) is 19.2 Å². The quantitative estimate of drug-likeness (QED) is 0.120. The van der Waals surface area contributed by atoms with E-state index in [2.05, 4.69) is 12.2 Å². The molecule has 3 amide bonds. The molecule has 1 N–H and O–H groups in total. The number of nitrogens with zero attached hydrogens (tertiary/aromatic N) is 1. The number of rotatable bonds is 20. The van der Waals surface area contributed by atoms with E-state index >= 15 is 0 Å². The van der Waals surface area contributed by atoms with Gasteiger partial charge in [0, 0.05) is 25.7 Å². The summed E-state index contributed by atoms with van der Waals surface area (Å²) in [4.78, 5) is 65.9. The zero-order valence-electron chi connectivity index (χ0n) is 24.1. The average molecular weight is 539 g/mol. The van der Waals surface area contributed by atoms with Gasteiger partial charge in [-0.2, -0.15) is 0 Å². The molecule has 0 aromatic rings. The molecule has 1 heterocycles. The summed E-state index contributed by atoms with van der Waals surface area (Å²) in [6.45, 7) is 7.44. The number of unbranched alkanes of at least 4 members (excludes halogenated alkanes) is 12. The van der Waals surface area contributed by atoms with Crippen molar-refractivity contribution in [3.05, 3.63) is 0 Å². The molecular weight excluding hydrogens is 488 g/mol. The van der Waals surface area contributed by atoms with Crippen LogP contribution in [0.1, 0.15) is 143 Å². The Kier molecular flexibility index (Phi) is 16.6. The van der Waals surface area contributed by atoms with Crippen LogP contribution in [0, 0.1) is 0 Å². The summed E-state index contributed by atoms with van der Waals surface area (Å²) in [5, 5.41) is 3.06. The number of nitrogens with one attached hydrogen (secondary N) is 1. The Labute approximate surface area is 228 Å². The lowest BCUT2D eigenvalue weighted by Crippen LogP contribution is -2.45. The Morgan fingerprint density at radius 1 is 0.789 bits per heavy atom. The van der Waals surface area contributed by atoms with Gasteiger partial charge in [-0.05, 0) is 33.6 Å². The van der Waals surface area contributed by atoms with Crippen LogP contribution < -0.4 is 5.32 Å². The highest BCUT2D eigenvalue weighted by atomic mass is 16.7. The monoisotopic (exact) mass is 538 g/mol. The molecule has 1 fully saturated rings. The number of imide groups is 1. The SMILES string of the molecule is CCCCCCCCCCCCCCCC(=O)N[C@@H](CCC(=O)OC(C)(C)C)C(=O)ON1C(=O)CCC1=O. The molecule has 38 heavy (non-hydrogen) atoms. The Bertz CT molecular complexity index is 745. The standard InChI is InChI=1S/C29H50N2O7/c1-5-6-7-8-9-10-11-12-13-14-15-16-17-18-24(32)30-23(19-22-27(35)37-29(2,3)4)28(36)38-31-25(33)20-21-26(31)34/h23H,5-22H2,1-4H3,(H,30,32)/t23-/m0/s1. The maximum absolute atomic E-state index is 12.7. The molecule has 1 saturated heterocycles. The van der Waals surface area contributed by atoms with Gasteiger partial charge in [0.1, 0.15) is 11.6 Å². The molecule has 0 saturated carbocycles. The Hall–Kier alpha value is -2.45. The summed E-state index contributed by atoms with van der Waals surface area (Å²) in [6, 6.07) is -1.17. The molecule has 0 bridgehead atoms. The highest BCUT2D eigenvalue weighted by molar-refractivity contribution is 6.02. The van der Waals surface area contributed by atoms with E-state index in [1.54, 1.807) is 20.8 Å². The van der Waals surface area contributed by atoms with Crippen LogP contribution >= 0.6 is 0 Å². The van der Waals surface area contributed by atoms with E-state index in [0.717, 1.165) is 19.3 Å². The van der Waals surface area contributed by atoms with Gasteiger partial charge < -0.3 is 14.9 Å². The maximum atomic E-state index is 12.7. The van der Waals surface area contributed by atoms with Crippen molar-refractivity contribution in [2.45, 2.75) is 155 Å². The number of esters is 1. The van der Waals surface area contributed by atoms with Crippen molar-refractivity contribution in [1.29, 1.82) is 0 Å². The lowest BCUT2D eigenvalue weighted by atomic mass is 10.0. The van der Waals surface area contributed by atoms with Gasteiger partial charge >= 0.3 is 11.9 Å². The largest absolute Gasteiger partial charge is 0.460 e. The molecule has 1 atom stereocenters. The minimum atomic E-state index is -1.17. The minimum absolute atomic E-state index is 0.0277. The molecule has 9 heteroatoms. The first kappa shape index (κ1) is 33.6. The van der Waals surface area contributed by atoms with Crippen LogP contribution in [0.15, 0.2) is 0 Å². The summed E-state index contributed by atoms with van der Waals surface area (Å²) in [5.41, 5.74) is -0.682. The number of carbonyl (C=O) groups is 5. The number of hydroxylamine groups is 2. The van der Waals surface area contributed by atoms with Crippen molar-refractivity contribution in [3.63, 3.8) is 0 Å². The number of hydrogen-bond acceptors (Lipinski definition) is 7. The van der Waals surface area contributed by atoms with Crippen LogP contribution in [0.4, 0.5) is 0 Å². The van der Waals surface area contributed by atoms with Crippen LogP contribution in [0.5, 0.6) is 0 Å². The van der Waals surface area contributed by atoms with Gasteiger partial charge in [-0.15, -0.1) is 5.06 Å². The first-order chi connectivity index (χ1) is 18.0. The third-order valence-electron chi connectivity index (χ3n) is 6.37. The minimum Gasteiger partial charge on any atom is -0.460 e. The zero-order chi connectivity index (χ0) is 28.4. The predicted octanol–water partition coefficient (Wildman–Crippen LogP) is 5.68. The highest BCUT2D eigenvalue weighted by Crippen LogP contribution is 2.16. The third-order valence-corrected chi connectivity index (χ3v) is 6.37. The van der Waals surface area contributed by atoms with Crippen LogP contribution in [0.2, 0.25) is 0 Å². The predicted molar refractivity (Wildman–Crippen MR) is 145 cm³/mol. The summed E-state index contributed by atoms with van der Waals surface area (Å²) < 4.78 is 5.27. The highest BCUT2D eigenvalue weighted by Gasteiger charge is 2.35. The van der Waals surface area contributed by atoms with Crippen molar-refractivity contribution < 1.29 is 33.5 Å². The van der Waals surface area contributed by atoms with Gasteiger partial charge in [-0.25, -0.2) is 4.79 Å². The van der Waals surface area contributed by atoms with E-state index in [0.29, 0.717) is 11.5 Å². The summed E-state index contributed by atoms with van der Waals surface area (Å²) in [6.07, 6.45) is 15.6. The van der Waals surface area contributed by atoms with Gasteiger partial charge in [0.25, 0.3) is 11.8 Å². The van der Waals surface area contributed by atoms with Gasteiger partial charge in [0.2, 0.25) is 5.91 Å². The van der Waals surface area contributed by atoms with E-state index < -0.39 is 35.4 Å². The number of ether oxygens (including phenoxy) is 1. The second-order valence-electron chi connectivity index (χ2n) is 11.2. The van der Waals surface area contributed by atoms with Crippen LogP contribution in [0.25, 0.3) is 0 Å². The van der Waals surface area contributed by atoms with E-state index in [1.807, 2.05) is 0 Å². The molecule has 9 nitrogen and oxygen atoms in total. The average Bonchev–Trinajstić information content (AvgIpc) is 3.15. The smallest absolute Gasteiger partial charge is 0.355 e. The van der Waals surface area contributed by atoms with Crippen molar-refractivity contribution in [3.8, 4) is 0 Å². The van der Waals surface area contributed by atoms with Crippen molar-refractivity contribution in [2.75, 3.05) is 0 Å². The fraction of sp³-hybridized carbons (Fsp3) is 0.828. The van der Waals surface area contributed by atoms with Crippen LogP contribution in [-0.2, 0) is 33.5 Å². The number of carbonyl (C=O) groups excluding carboxylic acids is 5. The third kappa shape index (κ3) is 15.7. The lowest BCUT2D eigenvalue weighted by Gasteiger charge is -2.22. The fourth-order valence-corrected chi connectivity index (χ4v) is 4.28. The first-order valence-electron chi connectivity index (χ1n) is 14.6. The van der Waals surface area contributed by atoms with Gasteiger partial charge in [0.05, 0.1) is 0 Å². The molecule has 218 valence electrons. The Morgan fingerprint density at radius 3 is 1.74 bits per heavy atom. The number of amides is 3. The molecular formula is C29H50N2O7. The molecule has 0 radical (unpaired) electrons. The maximum Gasteiger partial charge on any atom is 0.355 e. The zero-order valence-corrected chi connectivity index (χ0v) is 24.1. The first-order valence-corrected chi connectivity index (χ1v) is 14.6. The normalized spacial score (nSPS) is 14.5. The second-order valence-corrected chi connectivity index (χ2v) is 11.2. The summed E-state index contributed by atoms with van der Waals surface area (Å²) in [7, 11) is 0. The van der Waals surface area contributed by atoms with Crippen LogP contribution in [-0.4, -0.2) is 46.4 Å². The molecule has 0 aliphatic carbocycles. The molecule has 0 aromatic heterocycles. The van der Waals surface area contributed by atoms with Gasteiger partial charge in [-0.1, -0.05) is 84.0 Å². The van der Waals surface area contributed by atoms with Crippen LogP contribution in [0.3, 0.4) is 0 Å². The summed E-state index contributed by atoms with van der Waals surface area (Å²) >= 11 is 0. The Balaban J connectivity index is 2.36. The van der Waals surface area contributed by atoms with Crippen molar-refractivity contribution in [1.82, 2.24) is 10.4 Å². The lowest BCUT2D eigenvalue weighted by molar-refractivity contribution is -0.199. The molecule has 0 spiro atoms. The van der Waals surface area contributed by atoms with Gasteiger partial charge in [0.15, 0.2) is 0 Å².